The maximum atomic E-state index is 5.77. The number of nitrogens with zero attached hydrogens (tertiary/aromatic N) is 1. The number of aryl methyl sites for hydroxylation is 1. The van der Waals surface area contributed by atoms with E-state index in [1.165, 1.54) is 11.1 Å². The molecule has 0 radical (unpaired) electrons. The van der Waals surface area contributed by atoms with Crippen molar-refractivity contribution in [3.63, 3.8) is 0 Å². The summed E-state index contributed by atoms with van der Waals surface area (Å²) in [5.74, 6) is 0.558. The highest BCUT2D eigenvalue weighted by molar-refractivity contribution is 5.21. The van der Waals surface area contributed by atoms with Crippen molar-refractivity contribution in [2.24, 2.45) is 11.7 Å². The van der Waals surface area contributed by atoms with Crippen molar-refractivity contribution in [3.8, 4) is 0 Å². The molecule has 0 amide bonds. The second-order valence-corrected chi connectivity index (χ2v) is 4.55. The molecule has 1 atom stereocenters. The van der Waals surface area contributed by atoms with Crippen LogP contribution in [-0.2, 0) is 6.42 Å². The largest absolute Gasteiger partial charge is 0.330 e. The fourth-order valence-electron chi connectivity index (χ4n) is 1.80. The van der Waals surface area contributed by atoms with Gasteiger partial charge in [0.05, 0.1) is 0 Å². The Hall–Kier alpha value is -0.860. The summed E-state index contributed by atoms with van der Waals surface area (Å²) >= 11 is 0. The van der Waals surface area contributed by atoms with E-state index in [0.29, 0.717) is 5.92 Å². The van der Waals surface area contributed by atoms with E-state index in [4.69, 9.17) is 5.73 Å². The first kappa shape index (κ1) is 12.2. The van der Waals surface area contributed by atoms with Crippen LogP contribution in [0.15, 0.2) is 24.3 Å². The van der Waals surface area contributed by atoms with E-state index >= 15 is 0 Å². The lowest BCUT2D eigenvalue weighted by atomic mass is 9.98. The fraction of sp³-hybridized carbons (Fsp3) is 0.538. The maximum Gasteiger partial charge on any atom is 0.00188 e. The zero-order valence-corrected chi connectivity index (χ0v) is 10.0. The number of nitrogens with two attached hydrogens (primary N) is 1. The van der Waals surface area contributed by atoms with Crippen LogP contribution in [-0.4, -0.2) is 32.1 Å². The van der Waals surface area contributed by atoms with E-state index in [1.807, 2.05) is 0 Å². The molecule has 84 valence electrons. The summed E-state index contributed by atoms with van der Waals surface area (Å²) in [7, 11) is 4.19. The molecule has 0 bridgehead atoms. The summed E-state index contributed by atoms with van der Waals surface area (Å²) in [6.07, 6.45) is 1.08. The molecule has 0 saturated heterocycles. The monoisotopic (exact) mass is 206 g/mol. The Balaban J connectivity index is 2.54. The zero-order valence-electron chi connectivity index (χ0n) is 10.0. The molecular formula is C13H22N2. The standard InChI is InChI=1S/C13H22N2/c1-11-4-6-12(7-5-11)8-13(9-14)10-15(2)3/h4-7,13H,8-10,14H2,1-3H3. The summed E-state index contributed by atoms with van der Waals surface area (Å²) < 4.78 is 0. The van der Waals surface area contributed by atoms with Crippen molar-refractivity contribution >= 4 is 0 Å². The van der Waals surface area contributed by atoms with Gasteiger partial charge in [-0.15, -0.1) is 0 Å². The average molecular weight is 206 g/mol. The van der Waals surface area contributed by atoms with Gasteiger partial charge in [-0.1, -0.05) is 29.8 Å². The van der Waals surface area contributed by atoms with Crippen LogP contribution in [0.3, 0.4) is 0 Å². The number of hydrogen-bond acceptors (Lipinski definition) is 2. The first-order valence-electron chi connectivity index (χ1n) is 5.52. The first-order chi connectivity index (χ1) is 7.11. The lowest BCUT2D eigenvalue weighted by molar-refractivity contribution is 0.327. The number of hydrogen-bond donors (Lipinski definition) is 1. The van der Waals surface area contributed by atoms with Gasteiger partial charge >= 0.3 is 0 Å². The minimum Gasteiger partial charge on any atom is -0.330 e. The molecule has 15 heavy (non-hydrogen) atoms. The van der Waals surface area contributed by atoms with Crippen molar-refractivity contribution in [1.29, 1.82) is 0 Å². The first-order valence-corrected chi connectivity index (χ1v) is 5.52. The van der Waals surface area contributed by atoms with Gasteiger partial charge in [-0.05, 0) is 45.5 Å². The van der Waals surface area contributed by atoms with Crippen molar-refractivity contribution in [3.05, 3.63) is 35.4 Å². The predicted molar refractivity (Wildman–Crippen MR) is 66.0 cm³/mol. The minimum absolute atomic E-state index is 0.558. The molecule has 2 heteroatoms. The zero-order chi connectivity index (χ0) is 11.3. The van der Waals surface area contributed by atoms with E-state index in [2.05, 4.69) is 50.2 Å². The maximum absolute atomic E-state index is 5.77. The molecule has 0 aliphatic heterocycles. The van der Waals surface area contributed by atoms with Crippen molar-refractivity contribution in [2.45, 2.75) is 13.3 Å². The van der Waals surface area contributed by atoms with Gasteiger partial charge in [0, 0.05) is 6.54 Å². The topological polar surface area (TPSA) is 29.3 Å². The van der Waals surface area contributed by atoms with Gasteiger partial charge in [0.1, 0.15) is 0 Å². The number of rotatable bonds is 5. The molecule has 1 aromatic carbocycles. The molecule has 1 aromatic rings. The van der Waals surface area contributed by atoms with Crippen LogP contribution in [0.25, 0.3) is 0 Å². The Morgan fingerprint density at radius 1 is 1.20 bits per heavy atom. The normalized spacial score (nSPS) is 13.1. The Labute approximate surface area is 93.1 Å². The molecule has 0 aromatic heterocycles. The van der Waals surface area contributed by atoms with Crippen LogP contribution >= 0.6 is 0 Å². The quantitative estimate of drug-likeness (QED) is 0.794. The molecule has 2 nitrogen and oxygen atoms in total. The van der Waals surface area contributed by atoms with Crippen LogP contribution in [0.1, 0.15) is 11.1 Å². The van der Waals surface area contributed by atoms with Gasteiger partial charge in [0.25, 0.3) is 0 Å². The Morgan fingerprint density at radius 2 is 1.80 bits per heavy atom. The Kier molecular flexibility index (Phi) is 4.79. The van der Waals surface area contributed by atoms with Gasteiger partial charge in [-0.25, -0.2) is 0 Å². The lowest BCUT2D eigenvalue weighted by Gasteiger charge is -2.19. The molecule has 0 aliphatic carbocycles. The Morgan fingerprint density at radius 3 is 2.27 bits per heavy atom. The van der Waals surface area contributed by atoms with E-state index in [-0.39, 0.29) is 0 Å². The highest BCUT2D eigenvalue weighted by atomic mass is 15.1. The summed E-state index contributed by atoms with van der Waals surface area (Å²) in [6, 6.07) is 8.73. The van der Waals surface area contributed by atoms with Gasteiger partial charge in [0.15, 0.2) is 0 Å². The third-order valence-electron chi connectivity index (χ3n) is 2.60. The van der Waals surface area contributed by atoms with E-state index in [1.54, 1.807) is 0 Å². The summed E-state index contributed by atoms with van der Waals surface area (Å²) in [5, 5.41) is 0. The van der Waals surface area contributed by atoms with E-state index in [9.17, 15) is 0 Å². The molecule has 0 saturated carbocycles. The molecular weight excluding hydrogens is 184 g/mol. The van der Waals surface area contributed by atoms with Crippen molar-refractivity contribution in [1.82, 2.24) is 4.90 Å². The van der Waals surface area contributed by atoms with Crippen LogP contribution in [0.2, 0.25) is 0 Å². The van der Waals surface area contributed by atoms with Crippen LogP contribution in [0.5, 0.6) is 0 Å². The summed E-state index contributed by atoms with van der Waals surface area (Å²) in [6.45, 7) is 3.93. The van der Waals surface area contributed by atoms with Gasteiger partial charge in [-0.2, -0.15) is 0 Å². The van der Waals surface area contributed by atoms with Crippen molar-refractivity contribution < 1.29 is 0 Å². The highest BCUT2D eigenvalue weighted by Gasteiger charge is 2.08. The second kappa shape index (κ2) is 5.89. The second-order valence-electron chi connectivity index (χ2n) is 4.55. The Bertz CT molecular complexity index is 277. The summed E-state index contributed by atoms with van der Waals surface area (Å²) in [4.78, 5) is 2.20. The van der Waals surface area contributed by atoms with Crippen LogP contribution < -0.4 is 5.73 Å². The van der Waals surface area contributed by atoms with E-state index in [0.717, 1.165) is 19.5 Å². The van der Waals surface area contributed by atoms with Crippen LogP contribution in [0, 0.1) is 12.8 Å². The number of benzene rings is 1. The molecule has 0 spiro atoms. The third-order valence-corrected chi connectivity index (χ3v) is 2.60. The molecule has 0 heterocycles. The predicted octanol–water partition coefficient (Wildman–Crippen LogP) is 1.67. The molecule has 0 fully saturated rings. The van der Waals surface area contributed by atoms with Gasteiger partial charge in [-0.3, -0.25) is 0 Å². The molecule has 1 rings (SSSR count). The SMILES string of the molecule is Cc1ccc(CC(CN)CN(C)C)cc1. The molecule has 0 aliphatic rings. The molecule has 2 N–H and O–H groups in total. The average Bonchev–Trinajstić information content (AvgIpc) is 2.19. The van der Waals surface area contributed by atoms with Gasteiger partial charge < -0.3 is 10.6 Å². The molecule has 1 unspecified atom stereocenters. The van der Waals surface area contributed by atoms with E-state index < -0.39 is 0 Å². The smallest absolute Gasteiger partial charge is 0.00188 e. The van der Waals surface area contributed by atoms with Crippen LogP contribution in [0.4, 0.5) is 0 Å². The van der Waals surface area contributed by atoms with Gasteiger partial charge in [0.2, 0.25) is 0 Å². The third kappa shape index (κ3) is 4.45. The van der Waals surface area contributed by atoms with Crippen molar-refractivity contribution in [2.75, 3.05) is 27.2 Å². The highest BCUT2D eigenvalue weighted by Crippen LogP contribution is 2.10. The lowest BCUT2D eigenvalue weighted by Crippen LogP contribution is -2.29. The minimum atomic E-state index is 0.558. The fourth-order valence-corrected chi connectivity index (χ4v) is 1.80. The summed E-state index contributed by atoms with van der Waals surface area (Å²) in [5.41, 5.74) is 8.47.